The number of hydrazine groups is 1. The van der Waals surface area contributed by atoms with Gasteiger partial charge in [0.1, 0.15) is 11.5 Å². The third-order valence-corrected chi connectivity index (χ3v) is 6.98. The molecule has 0 radical (unpaired) electrons. The highest BCUT2D eigenvalue weighted by Crippen LogP contribution is 2.28. The number of anilines is 1. The summed E-state index contributed by atoms with van der Waals surface area (Å²) in [6.45, 7) is 6.54. The van der Waals surface area contributed by atoms with Crippen LogP contribution in [0.4, 0.5) is 5.13 Å². The van der Waals surface area contributed by atoms with Crippen LogP contribution in [-0.4, -0.2) is 48.3 Å². The molecule has 0 aliphatic carbocycles. The van der Waals surface area contributed by atoms with Gasteiger partial charge in [-0.2, -0.15) is 0 Å². The van der Waals surface area contributed by atoms with Crippen molar-refractivity contribution >= 4 is 40.0 Å². The van der Waals surface area contributed by atoms with Crippen LogP contribution in [0.15, 0.2) is 39.1 Å². The number of nitrogens with zero attached hydrogens (tertiary/aromatic N) is 3. The first kappa shape index (κ1) is 22.3. The van der Waals surface area contributed by atoms with Gasteiger partial charge in [0.05, 0.1) is 24.5 Å². The average molecular weight is 474 g/mol. The van der Waals surface area contributed by atoms with E-state index in [1.807, 2.05) is 26.0 Å². The van der Waals surface area contributed by atoms with Crippen molar-refractivity contribution in [2.45, 2.75) is 24.5 Å². The highest BCUT2D eigenvalue weighted by molar-refractivity contribution is 7.98. The van der Waals surface area contributed by atoms with Crippen LogP contribution in [0.1, 0.15) is 37.9 Å². The molecule has 2 amide bonds. The van der Waals surface area contributed by atoms with Crippen LogP contribution in [0.2, 0.25) is 0 Å². The predicted octanol–water partition coefficient (Wildman–Crippen LogP) is 2.95. The topological polar surface area (TPSA) is 110 Å². The van der Waals surface area contributed by atoms with E-state index in [9.17, 15) is 9.59 Å². The molecule has 1 saturated heterocycles. The summed E-state index contributed by atoms with van der Waals surface area (Å²) in [5.74, 6) is 0.531. The number of hydrogen-bond acceptors (Lipinski definition) is 9. The molecule has 1 aliphatic heterocycles. The molecule has 3 heterocycles. The number of aryl methyl sites for hydroxylation is 2. The first-order chi connectivity index (χ1) is 15.5. The number of hydrogen-bond donors (Lipinski definition) is 2. The lowest BCUT2D eigenvalue weighted by atomic mass is 10.2. The zero-order valence-corrected chi connectivity index (χ0v) is 19.3. The van der Waals surface area contributed by atoms with Crippen LogP contribution in [0.5, 0.6) is 0 Å². The van der Waals surface area contributed by atoms with E-state index in [1.165, 1.54) is 23.1 Å². The van der Waals surface area contributed by atoms with E-state index < -0.39 is 11.8 Å². The first-order valence-electron chi connectivity index (χ1n) is 10.1. The van der Waals surface area contributed by atoms with Gasteiger partial charge in [-0.25, -0.2) is 4.98 Å². The molecular weight excluding hydrogens is 450 g/mol. The third-order valence-electron chi connectivity index (χ3n) is 4.98. The van der Waals surface area contributed by atoms with Gasteiger partial charge in [-0.1, -0.05) is 17.3 Å². The molecule has 0 unspecified atom stereocenters. The van der Waals surface area contributed by atoms with Gasteiger partial charge in [0, 0.05) is 34.7 Å². The molecule has 0 bridgehead atoms. The summed E-state index contributed by atoms with van der Waals surface area (Å²) in [4.78, 5) is 32.5. The normalized spacial score (nSPS) is 13.8. The molecule has 11 heteroatoms. The molecule has 1 fully saturated rings. The molecular formula is C21H23N5O4S2. The molecule has 4 rings (SSSR count). The molecule has 32 heavy (non-hydrogen) atoms. The van der Waals surface area contributed by atoms with Crippen LogP contribution in [-0.2, 0) is 10.5 Å². The van der Waals surface area contributed by atoms with Gasteiger partial charge in [0.2, 0.25) is 0 Å². The van der Waals surface area contributed by atoms with Crippen LogP contribution >= 0.6 is 23.1 Å². The van der Waals surface area contributed by atoms with Crippen molar-refractivity contribution in [2.24, 2.45) is 0 Å². The van der Waals surface area contributed by atoms with Crippen molar-refractivity contribution in [1.82, 2.24) is 21.0 Å². The number of morpholine rings is 1. The highest BCUT2D eigenvalue weighted by Gasteiger charge is 2.19. The fourth-order valence-electron chi connectivity index (χ4n) is 3.15. The van der Waals surface area contributed by atoms with Crippen molar-refractivity contribution in [1.29, 1.82) is 0 Å². The van der Waals surface area contributed by atoms with Crippen molar-refractivity contribution in [2.75, 3.05) is 31.2 Å². The van der Waals surface area contributed by atoms with Gasteiger partial charge in [-0.3, -0.25) is 20.4 Å². The van der Waals surface area contributed by atoms with Crippen molar-refractivity contribution in [3.8, 4) is 0 Å². The SMILES string of the molecule is Cc1noc(C)c1CSc1ccccc1C(=O)NNC(=O)c1csc(N2CCOCC2)n1. The lowest BCUT2D eigenvalue weighted by Crippen LogP contribution is -2.42. The summed E-state index contributed by atoms with van der Waals surface area (Å²) in [6, 6.07) is 7.24. The van der Waals surface area contributed by atoms with Crippen LogP contribution in [0.25, 0.3) is 0 Å². The predicted molar refractivity (Wildman–Crippen MR) is 122 cm³/mol. The summed E-state index contributed by atoms with van der Waals surface area (Å²) in [5, 5.41) is 6.42. The maximum atomic E-state index is 12.7. The Morgan fingerprint density at radius 2 is 1.91 bits per heavy atom. The molecule has 1 aromatic carbocycles. The van der Waals surface area contributed by atoms with Gasteiger partial charge in [0.15, 0.2) is 5.13 Å². The van der Waals surface area contributed by atoms with Crippen LogP contribution in [0, 0.1) is 13.8 Å². The number of amides is 2. The van der Waals surface area contributed by atoms with Gasteiger partial charge >= 0.3 is 0 Å². The second-order valence-electron chi connectivity index (χ2n) is 7.11. The fraction of sp³-hybridized carbons (Fsp3) is 0.333. The molecule has 2 aromatic heterocycles. The van der Waals surface area contributed by atoms with Crippen molar-refractivity contribution in [3.63, 3.8) is 0 Å². The molecule has 0 spiro atoms. The summed E-state index contributed by atoms with van der Waals surface area (Å²) in [5.41, 5.74) is 7.53. The Bertz CT molecular complexity index is 1090. The van der Waals surface area contributed by atoms with E-state index in [2.05, 4.69) is 25.9 Å². The largest absolute Gasteiger partial charge is 0.378 e. The zero-order chi connectivity index (χ0) is 22.5. The lowest BCUT2D eigenvalue weighted by Gasteiger charge is -2.25. The monoisotopic (exact) mass is 473 g/mol. The maximum Gasteiger partial charge on any atom is 0.289 e. The highest BCUT2D eigenvalue weighted by atomic mass is 32.2. The van der Waals surface area contributed by atoms with E-state index >= 15 is 0 Å². The number of thioether (sulfide) groups is 1. The Hall–Kier alpha value is -2.89. The average Bonchev–Trinajstić information content (AvgIpc) is 3.44. The number of nitrogens with one attached hydrogen (secondary N) is 2. The Labute approximate surface area is 193 Å². The summed E-state index contributed by atoms with van der Waals surface area (Å²) in [6.07, 6.45) is 0. The number of ether oxygens (including phenoxy) is 1. The quantitative estimate of drug-likeness (QED) is 0.415. The molecule has 0 atom stereocenters. The third kappa shape index (κ3) is 5.12. The van der Waals surface area contributed by atoms with E-state index in [0.29, 0.717) is 24.5 Å². The number of rotatable bonds is 6. The van der Waals surface area contributed by atoms with E-state index in [0.717, 1.165) is 40.1 Å². The van der Waals surface area contributed by atoms with Crippen LogP contribution in [0.3, 0.4) is 0 Å². The van der Waals surface area contributed by atoms with E-state index in [4.69, 9.17) is 9.26 Å². The zero-order valence-electron chi connectivity index (χ0n) is 17.7. The van der Waals surface area contributed by atoms with Gasteiger partial charge in [0.25, 0.3) is 11.8 Å². The summed E-state index contributed by atoms with van der Waals surface area (Å²) in [7, 11) is 0. The number of aromatic nitrogens is 2. The Kier molecular flexibility index (Phi) is 7.08. The van der Waals surface area contributed by atoms with Crippen molar-refractivity contribution in [3.05, 3.63) is 57.9 Å². The molecule has 0 saturated carbocycles. The van der Waals surface area contributed by atoms with E-state index in [1.54, 1.807) is 17.5 Å². The number of carbonyl (C=O) groups excluding carboxylic acids is 2. The Morgan fingerprint density at radius 1 is 1.16 bits per heavy atom. The van der Waals surface area contributed by atoms with Gasteiger partial charge in [-0.05, 0) is 26.0 Å². The molecule has 3 aromatic rings. The molecule has 168 valence electrons. The Balaban J connectivity index is 1.36. The second-order valence-corrected chi connectivity index (χ2v) is 8.96. The second kappa shape index (κ2) is 10.2. The number of thiazole rings is 1. The number of benzene rings is 1. The standard InChI is InChI=1S/C21H23N5O4S2/c1-13-16(14(2)30-25-13)11-31-18-6-4-3-5-15(18)19(27)23-24-20(28)17-12-32-21(22-17)26-7-9-29-10-8-26/h3-6,12H,7-11H2,1-2H3,(H,23,27)(H,24,28). The summed E-state index contributed by atoms with van der Waals surface area (Å²) < 4.78 is 10.5. The molecule has 1 aliphatic rings. The molecule has 9 nitrogen and oxygen atoms in total. The smallest absolute Gasteiger partial charge is 0.289 e. The van der Waals surface area contributed by atoms with Crippen LogP contribution < -0.4 is 15.8 Å². The first-order valence-corrected chi connectivity index (χ1v) is 11.9. The summed E-state index contributed by atoms with van der Waals surface area (Å²) >= 11 is 2.91. The maximum absolute atomic E-state index is 12.7. The Morgan fingerprint density at radius 3 is 2.66 bits per heavy atom. The van der Waals surface area contributed by atoms with Gasteiger partial charge in [-0.15, -0.1) is 23.1 Å². The van der Waals surface area contributed by atoms with Gasteiger partial charge < -0.3 is 14.2 Å². The fourth-order valence-corrected chi connectivity index (χ4v) is 5.21. The lowest BCUT2D eigenvalue weighted by molar-refractivity contribution is 0.0842. The molecule has 2 N–H and O–H groups in total. The van der Waals surface area contributed by atoms with Crippen molar-refractivity contribution < 1.29 is 18.8 Å². The minimum atomic E-state index is -0.463. The van der Waals surface area contributed by atoms with E-state index in [-0.39, 0.29) is 5.69 Å². The number of carbonyl (C=O) groups is 2. The minimum Gasteiger partial charge on any atom is -0.378 e. The minimum absolute atomic E-state index is 0.262.